The van der Waals surface area contributed by atoms with E-state index in [2.05, 4.69) is 43.0 Å². The molecule has 1 heterocycles. The zero-order valence-corrected chi connectivity index (χ0v) is 13.2. The third kappa shape index (κ3) is 2.94. The summed E-state index contributed by atoms with van der Waals surface area (Å²) >= 11 is 6.46. The van der Waals surface area contributed by atoms with Gasteiger partial charge in [-0.2, -0.15) is 10.4 Å². The second-order valence-corrected chi connectivity index (χ2v) is 5.67. The lowest BCUT2D eigenvalue weighted by Gasteiger charge is -2.08. The molecule has 0 aliphatic carbocycles. The summed E-state index contributed by atoms with van der Waals surface area (Å²) in [4.78, 5) is 12.0. The third-order valence-electron chi connectivity index (χ3n) is 2.73. The van der Waals surface area contributed by atoms with Gasteiger partial charge in [-0.15, -0.1) is 0 Å². The number of hydrogen-bond donors (Lipinski definition) is 0. The van der Waals surface area contributed by atoms with Crippen molar-refractivity contribution in [1.29, 1.82) is 5.26 Å². The number of aromatic nitrogens is 2. The molecular formula is C13H9Br2N3O. The van der Waals surface area contributed by atoms with E-state index >= 15 is 0 Å². The monoisotopic (exact) mass is 381 g/mol. The van der Waals surface area contributed by atoms with Crippen molar-refractivity contribution in [1.82, 2.24) is 9.78 Å². The predicted octanol–water partition coefficient (Wildman–Crippen LogP) is 3.00. The van der Waals surface area contributed by atoms with Crippen molar-refractivity contribution in [2.75, 3.05) is 0 Å². The molecule has 0 saturated heterocycles. The van der Waals surface area contributed by atoms with Gasteiger partial charge in [0, 0.05) is 0 Å². The van der Waals surface area contributed by atoms with Crippen molar-refractivity contribution in [2.45, 2.75) is 13.5 Å². The molecule has 0 aliphatic rings. The molecule has 0 bridgehead atoms. The lowest BCUT2D eigenvalue weighted by atomic mass is 10.1. The minimum Gasteiger partial charge on any atom is -0.266 e. The molecule has 1 aromatic heterocycles. The van der Waals surface area contributed by atoms with Gasteiger partial charge in [-0.1, -0.05) is 6.07 Å². The summed E-state index contributed by atoms with van der Waals surface area (Å²) < 4.78 is 2.46. The highest BCUT2D eigenvalue weighted by molar-refractivity contribution is 9.13. The molecule has 0 aliphatic heterocycles. The van der Waals surface area contributed by atoms with Gasteiger partial charge in [0.15, 0.2) is 0 Å². The highest BCUT2D eigenvalue weighted by Crippen LogP contribution is 2.17. The Balaban J connectivity index is 2.40. The van der Waals surface area contributed by atoms with Gasteiger partial charge < -0.3 is 0 Å². The van der Waals surface area contributed by atoms with Crippen LogP contribution in [0.15, 0.2) is 38.1 Å². The summed E-state index contributed by atoms with van der Waals surface area (Å²) in [6.07, 6.45) is 1.57. The van der Waals surface area contributed by atoms with Crippen LogP contribution in [0.25, 0.3) is 0 Å². The maximum atomic E-state index is 12.0. The number of nitriles is 1. The van der Waals surface area contributed by atoms with Crippen LogP contribution < -0.4 is 5.56 Å². The smallest absolute Gasteiger partial charge is 0.266 e. The lowest BCUT2D eigenvalue weighted by molar-refractivity contribution is 0.631. The Morgan fingerprint density at radius 1 is 1.42 bits per heavy atom. The largest absolute Gasteiger partial charge is 0.282 e. The average Bonchev–Trinajstić information content (AvgIpc) is 2.41. The molecule has 2 rings (SSSR count). The van der Waals surface area contributed by atoms with Crippen LogP contribution in [-0.4, -0.2) is 9.78 Å². The maximum Gasteiger partial charge on any atom is 0.282 e. The summed E-state index contributed by atoms with van der Waals surface area (Å²) in [7, 11) is 0. The number of nitrogens with zero attached hydrogens (tertiary/aromatic N) is 3. The molecule has 0 unspecified atom stereocenters. The summed E-state index contributed by atoms with van der Waals surface area (Å²) in [5.41, 5.74) is 2.34. The van der Waals surface area contributed by atoms with Gasteiger partial charge in [-0.3, -0.25) is 4.79 Å². The van der Waals surface area contributed by atoms with Crippen molar-refractivity contribution < 1.29 is 0 Å². The highest BCUT2D eigenvalue weighted by Gasteiger charge is 2.08. The van der Waals surface area contributed by atoms with Crippen molar-refractivity contribution >= 4 is 31.9 Å². The summed E-state index contributed by atoms with van der Waals surface area (Å²) in [6, 6.07) is 7.47. The molecule has 0 atom stereocenters. The quantitative estimate of drug-likeness (QED) is 0.802. The molecule has 1 aromatic carbocycles. The Hall–Kier alpha value is -1.45. The molecule has 0 radical (unpaired) electrons. The van der Waals surface area contributed by atoms with E-state index in [1.54, 1.807) is 18.3 Å². The second kappa shape index (κ2) is 5.68. The minimum atomic E-state index is -0.196. The van der Waals surface area contributed by atoms with Crippen LogP contribution in [0.3, 0.4) is 0 Å². The van der Waals surface area contributed by atoms with Crippen LogP contribution in [0.1, 0.15) is 16.7 Å². The van der Waals surface area contributed by atoms with E-state index in [-0.39, 0.29) is 5.56 Å². The fraction of sp³-hybridized carbons (Fsp3) is 0.154. The van der Waals surface area contributed by atoms with Gasteiger partial charge in [0.25, 0.3) is 5.56 Å². The fourth-order valence-electron chi connectivity index (χ4n) is 1.66. The van der Waals surface area contributed by atoms with Crippen LogP contribution in [0, 0.1) is 18.3 Å². The highest BCUT2D eigenvalue weighted by atomic mass is 79.9. The van der Waals surface area contributed by atoms with E-state index in [0.29, 0.717) is 21.1 Å². The maximum absolute atomic E-state index is 12.0. The summed E-state index contributed by atoms with van der Waals surface area (Å²) in [5.74, 6) is 0. The SMILES string of the molecule is Cc1cc(C#N)ccc1Cn1ncc(Br)c(Br)c1=O. The number of rotatable bonds is 2. The fourth-order valence-corrected chi connectivity index (χ4v) is 2.23. The second-order valence-electron chi connectivity index (χ2n) is 4.02. The molecule has 0 N–H and O–H groups in total. The third-order valence-corrected chi connectivity index (χ3v) is 4.63. The predicted molar refractivity (Wildman–Crippen MR) is 78.9 cm³/mol. The molecule has 2 aromatic rings. The standard InChI is InChI=1S/C13H9Br2N3O/c1-8-4-9(5-16)2-3-10(8)7-18-13(19)12(15)11(14)6-17-18/h2-4,6H,7H2,1H3. The molecule has 0 saturated carbocycles. The Morgan fingerprint density at radius 3 is 2.79 bits per heavy atom. The van der Waals surface area contributed by atoms with Crippen molar-refractivity contribution in [3.8, 4) is 6.07 Å². The summed E-state index contributed by atoms with van der Waals surface area (Å²) in [5, 5.41) is 12.9. The minimum absolute atomic E-state index is 0.196. The zero-order valence-electron chi connectivity index (χ0n) is 10.0. The Bertz CT molecular complexity index is 732. The number of aryl methyl sites for hydroxylation is 1. The Labute approximate surface area is 126 Å². The first-order chi connectivity index (χ1) is 9.02. The lowest BCUT2D eigenvalue weighted by Crippen LogP contribution is -2.24. The van der Waals surface area contributed by atoms with Gasteiger partial charge in [-0.25, -0.2) is 4.68 Å². The van der Waals surface area contributed by atoms with Crippen molar-refractivity contribution in [3.63, 3.8) is 0 Å². The van der Waals surface area contributed by atoms with Crippen LogP contribution in [0.4, 0.5) is 0 Å². The molecule has 19 heavy (non-hydrogen) atoms. The van der Waals surface area contributed by atoms with E-state index in [4.69, 9.17) is 5.26 Å². The van der Waals surface area contributed by atoms with E-state index < -0.39 is 0 Å². The van der Waals surface area contributed by atoms with Crippen LogP contribution >= 0.6 is 31.9 Å². The van der Waals surface area contributed by atoms with Gasteiger partial charge in [-0.05, 0) is 62.0 Å². The van der Waals surface area contributed by atoms with Gasteiger partial charge >= 0.3 is 0 Å². The van der Waals surface area contributed by atoms with Gasteiger partial charge in [0.2, 0.25) is 0 Å². The zero-order chi connectivity index (χ0) is 14.0. The average molecular weight is 383 g/mol. The van der Waals surface area contributed by atoms with Crippen LogP contribution in [-0.2, 0) is 6.54 Å². The van der Waals surface area contributed by atoms with E-state index in [9.17, 15) is 4.79 Å². The molecular weight excluding hydrogens is 374 g/mol. The molecule has 0 fully saturated rings. The molecule has 0 amide bonds. The van der Waals surface area contributed by atoms with E-state index in [1.165, 1.54) is 4.68 Å². The molecule has 6 heteroatoms. The Kier molecular flexibility index (Phi) is 4.17. The van der Waals surface area contributed by atoms with Crippen molar-refractivity contribution in [2.24, 2.45) is 0 Å². The number of halogens is 2. The van der Waals surface area contributed by atoms with Crippen LogP contribution in [0.5, 0.6) is 0 Å². The Morgan fingerprint density at radius 2 is 2.16 bits per heavy atom. The molecule has 96 valence electrons. The first-order valence-corrected chi connectivity index (χ1v) is 7.02. The normalized spacial score (nSPS) is 10.2. The summed E-state index contributed by atoms with van der Waals surface area (Å²) in [6.45, 7) is 2.29. The first-order valence-electron chi connectivity index (χ1n) is 5.43. The molecule has 4 nitrogen and oxygen atoms in total. The van der Waals surface area contributed by atoms with Crippen molar-refractivity contribution in [3.05, 3.63) is 60.4 Å². The van der Waals surface area contributed by atoms with Crippen LogP contribution in [0.2, 0.25) is 0 Å². The first kappa shape index (κ1) is 14.0. The molecule has 0 spiro atoms. The topological polar surface area (TPSA) is 58.7 Å². The van der Waals surface area contributed by atoms with E-state index in [1.807, 2.05) is 13.0 Å². The van der Waals surface area contributed by atoms with E-state index in [0.717, 1.165) is 11.1 Å². The van der Waals surface area contributed by atoms with Gasteiger partial charge in [0.1, 0.15) is 4.47 Å². The van der Waals surface area contributed by atoms with Gasteiger partial charge in [0.05, 0.1) is 28.8 Å². The number of hydrogen-bond acceptors (Lipinski definition) is 3. The number of benzene rings is 1.